The van der Waals surface area contributed by atoms with Crippen molar-refractivity contribution in [1.29, 1.82) is 0 Å². The fraction of sp³-hybridized carbons (Fsp3) is 0.958. The lowest BCUT2D eigenvalue weighted by molar-refractivity contribution is -0.191. The summed E-state index contributed by atoms with van der Waals surface area (Å²) in [7, 11) is 0. The Kier molecular flexibility index (Phi) is 24.0. The number of carbonyl (C=O) groups excluding carboxylic acids is 1. The quantitative estimate of drug-likeness (QED) is 0.128. The average molecular weight is 432 g/mol. The van der Waals surface area contributed by atoms with Gasteiger partial charge in [0.2, 0.25) is 6.29 Å². The number of carbonyl (C=O) groups is 1. The second-order valence-electron chi connectivity index (χ2n) is 7.98. The van der Waals surface area contributed by atoms with E-state index in [1.165, 1.54) is 19.3 Å². The van der Waals surface area contributed by atoms with Gasteiger partial charge in [-0.1, -0.05) is 58.8 Å². The number of hydrogen-bond donors (Lipinski definition) is 2. The molecule has 0 aromatic rings. The maximum absolute atomic E-state index is 12.2. The van der Waals surface area contributed by atoms with Gasteiger partial charge in [-0.25, -0.2) is 0 Å². The molecule has 0 bridgehead atoms. The Morgan fingerprint density at radius 2 is 1.43 bits per heavy atom. The van der Waals surface area contributed by atoms with Crippen molar-refractivity contribution in [2.45, 2.75) is 110 Å². The second-order valence-corrected chi connectivity index (χ2v) is 7.98. The Morgan fingerprint density at radius 3 is 2.17 bits per heavy atom. The fourth-order valence-corrected chi connectivity index (χ4v) is 3.06. The van der Waals surface area contributed by atoms with Gasteiger partial charge < -0.3 is 24.6 Å². The normalized spacial score (nSPS) is 12.2. The molecule has 0 aromatic carbocycles. The number of rotatable bonds is 24. The maximum Gasteiger partial charge on any atom is 0.308 e. The smallest absolute Gasteiger partial charge is 0.308 e. The first kappa shape index (κ1) is 29.3. The van der Waals surface area contributed by atoms with Crippen LogP contribution in [0, 0.1) is 0 Å². The molecule has 6 heteroatoms. The van der Waals surface area contributed by atoms with Gasteiger partial charge in [-0.3, -0.25) is 4.79 Å². The van der Waals surface area contributed by atoms with Crippen LogP contribution < -0.4 is 5.32 Å². The molecule has 6 nitrogen and oxygen atoms in total. The minimum atomic E-state index is -0.580. The number of ether oxygens (including phenoxy) is 3. The van der Waals surface area contributed by atoms with Gasteiger partial charge in [0.25, 0.3) is 0 Å². The van der Waals surface area contributed by atoms with Gasteiger partial charge in [0.05, 0.1) is 6.61 Å². The highest BCUT2D eigenvalue weighted by Crippen LogP contribution is 2.08. The van der Waals surface area contributed by atoms with Gasteiger partial charge >= 0.3 is 5.97 Å². The summed E-state index contributed by atoms with van der Waals surface area (Å²) in [5.41, 5.74) is 0. The molecule has 0 aliphatic rings. The van der Waals surface area contributed by atoms with Gasteiger partial charge in [-0.05, 0) is 51.6 Å². The van der Waals surface area contributed by atoms with E-state index in [-0.39, 0.29) is 12.6 Å². The summed E-state index contributed by atoms with van der Waals surface area (Å²) in [5, 5.41) is 12.1. The molecule has 30 heavy (non-hydrogen) atoms. The Labute approximate surface area is 185 Å². The van der Waals surface area contributed by atoms with Crippen molar-refractivity contribution in [2.75, 3.05) is 39.5 Å². The molecular formula is C24H49NO5. The zero-order valence-electron chi connectivity index (χ0n) is 19.8. The van der Waals surface area contributed by atoms with Crippen LogP contribution in [0.2, 0.25) is 0 Å². The van der Waals surface area contributed by atoms with Crippen LogP contribution in [0.15, 0.2) is 0 Å². The molecule has 0 aliphatic carbocycles. The maximum atomic E-state index is 12.2. The molecule has 0 amide bonds. The molecule has 2 N–H and O–H groups in total. The molecule has 0 saturated heterocycles. The SMILES string of the molecule is CCCCCCOCC(OCCCCC)OC(=O)CCCCCCNCCCCO. The van der Waals surface area contributed by atoms with Gasteiger partial charge in [0, 0.05) is 19.6 Å². The summed E-state index contributed by atoms with van der Waals surface area (Å²) in [4.78, 5) is 12.2. The van der Waals surface area contributed by atoms with Crippen molar-refractivity contribution in [3.63, 3.8) is 0 Å². The van der Waals surface area contributed by atoms with Crippen LogP contribution in [-0.2, 0) is 19.0 Å². The number of hydrogen-bond acceptors (Lipinski definition) is 6. The van der Waals surface area contributed by atoms with Gasteiger partial charge in [-0.2, -0.15) is 0 Å². The topological polar surface area (TPSA) is 77.0 Å². The van der Waals surface area contributed by atoms with E-state index in [1.54, 1.807) is 0 Å². The number of nitrogens with one attached hydrogen (secondary N) is 1. The Bertz CT molecular complexity index is 354. The summed E-state index contributed by atoms with van der Waals surface area (Å²) in [5.74, 6) is -0.188. The van der Waals surface area contributed by atoms with Crippen molar-refractivity contribution < 1.29 is 24.1 Å². The molecule has 180 valence electrons. The number of aliphatic hydroxyl groups is 1. The van der Waals surface area contributed by atoms with E-state index in [0.29, 0.717) is 26.2 Å². The molecule has 0 fully saturated rings. The molecular weight excluding hydrogens is 382 g/mol. The first-order chi connectivity index (χ1) is 14.7. The highest BCUT2D eigenvalue weighted by atomic mass is 16.7. The van der Waals surface area contributed by atoms with E-state index in [1.807, 2.05) is 0 Å². The minimum Gasteiger partial charge on any atom is -0.433 e. The van der Waals surface area contributed by atoms with Gasteiger partial charge in [0.1, 0.15) is 6.61 Å². The first-order valence-electron chi connectivity index (χ1n) is 12.4. The standard InChI is InChI=1S/C24H49NO5/c1-3-5-7-15-20-28-22-24(29-21-14-6-4-2)30-23(27)16-10-8-9-11-17-25-18-12-13-19-26/h24-26H,3-22H2,1-2H3. The van der Waals surface area contributed by atoms with Crippen molar-refractivity contribution in [2.24, 2.45) is 0 Å². The Balaban J connectivity index is 3.83. The molecule has 0 aromatic heterocycles. The highest BCUT2D eigenvalue weighted by molar-refractivity contribution is 5.69. The highest BCUT2D eigenvalue weighted by Gasteiger charge is 2.15. The van der Waals surface area contributed by atoms with Gasteiger partial charge in [0.15, 0.2) is 0 Å². The third kappa shape index (κ3) is 22.0. The predicted octanol–water partition coefficient (Wildman–Crippen LogP) is 4.97. The molecule has 0 heterocycles. The second kappa shape index (κ2) is 24.6. The fourth-order valence-electron chi connectivity index (χ4n) is 3.06. The molecule has 1 atom stereocenters. The Morgan fingerprint density at radius 1 is 0.800 bits per heavy atom. The number of unbranched alkanes of at least 4 members (excludes halogenated alkanes) is 9. The van der Waals surface area contributed by atoms with Gasteiger partial charge in [-0.15, -0.1) is 0 Å². The number of esters is 1. The summed E-state index contributed by atoms with van der Waals surface area (Å²) in [6.45, 7) is 8.21. The summed E-state index contributed by atoms with van der Waals surface area (Å²) >= 11 is 0. The Hall–Kier alpha value is -0.690. The lowest BCUT2D eigenvalue weighted by atomic mass is 10.1. The lowest BCUT2D eigenvalue weighted by Crippen LogP contribution is -2.27. The van der Waals surface area contributed by atoms with Crippen LogP contribution in [0.25, 0.3) is 0 Å². The van der Waals surface area contributed by atoms with Crippen LogP contribution >= 0.6 is 0 Å². The predicted molar refractivity (Wildman–Crippen MR) is 123 cm³/mol. The van der Waals surface area contributed by atoms with E-state index >= 15 is 0 Å². The first-order valence-corrected chi connectivity index (χ1v) is 12.4. The summed E-state index contributed by atoms with van der Waals surface area (Å²) in [6.07, 6.45) is 13.7. The van der Waals surface area contributed by atoms with E-state index in [0.717, 1.165) is 77.3 Å². The third-order valence-corrected chi connectivity index (χ3v) is 4.96. The summed E-state index contributed by atoms with van der Waals surface area (Å²) in [6, 6.07) is 0. The molecule has 0 spiro atoms. The zero-order valence-corrected chi connectivity index (χ0v) is 19.8. The monoisotopic (exact) mass is 431 g/mol. The van der Waals surface area contributed by atoms with E-state index in [9.17, 15) is 4.79 Å². The van der Waals surface area contributed by atoms with Crippen molar-refractivity contribution in [1.82, 2.24) is 5.32 Å². The molecule has 0 rings (SSSR count). The van der Waals surface area contributed by atoms with Crippen LogP contribution in [-0.4, -0.2) is 56.9 Å². The van der Waals surface area contributed by atoms with E-state index in [2.05, 4.69) is 19.2 Å². The van der Waals surface area contributed by atoms with Crippen LogP contribution in [0.1, 0.15) is 104 Å². The number of aliphatic hydroxyl groups excluding tert-OH is 1. The van der Waals surface area contributed by atoms with Crippen molar-refractivity contribution in [3.05, 3.63) is 0 Å². The zero-order chi connectivity index (χ0) is 22.1. The molecule has 0 aliphatic heterocycles. The summed E-state index contributed by atoms with van der Waals surface area (Å²) < 4.78 is 17.0. The third-order valence-electron chi connectivity index (χ3n) is 4.96. The van der Waals surface area contributed by atoms with Crippen molar-refractivity contribution >= 4 is 5.97 Å². The molecule has 0 radical (unpaired) electrons. The van der Waals surface area contributed by atoms with E-state index in [4.69, 9.17) is 19.3 Å². The average Bonchev–Trinajstić information content (AvgIpc) is 2.74. The largest absolute Gasteiger partial charge is 0.433 e. The van der Waals surface area contributed by atoms with Crippen LogP contribution in [0.5, 0.6) is 0 Å². The van der Waals surface area contributed by atoms with E-state index < -0.39 is 6.29 Å². The van der Waals surface area contributed by atoms with Crippen molar-refractivity contribution in [3.8, 4) is 0 Å². The minimum absolute atomic E-state index is 0.188. The van der Waals surface area contributed by atoms with Crippen LogP contribution in [0.3, 0.4) is 0 Å². The van der Waals surface area contributed by atoms with Crippen LogP contribution in [0.4, 0.5) is 0 Å². The molecule has 0 saturated carbocycles. The molecule has 1 unspecified atom stereocenters. The lowest BCUT2D eigenvalue weighted by Gasteiger charge is -2.18.